The van der Waals surface area contributed by atoms with Crippen molar-refractivity contribution < 1.29 is 18.0 Å². The highest BCUT2D eigenvalue weighted by molar-refractivity contribution is 8.01. The molecule has 0 saturated heterocycles. The van der Waals surface area contributed by atoms with Crippen LogP contribution in [0.2, 0.25) is 0 Å². The maximum atomic E-state index is 12.4. The van der Waals surface area contributed by atoms with Crippen molar-refractivity contribution in [3.8, 4) is 0 Å². The van der Waals surface area contributed by atoms with Gasteiger partial charge in [0.2, 0.25) is 5.24 Å². The largest absolute Gasteiger partial charge is 0.355 e. The fourth-order valence-electron chi connectivity index (χ4n) is 0.229. The zero-order valence-electron chi connectivity index (χ0n) is 5.29. The van der Waals surface area contributed by atoms with Crippen molar-refractivity contribution in [2.75, 3.05) is 5.75 Å². The van der Waals surface area contributed by atoms with Gasteiger partial charge in [0.05, 0.1) is 5.75 Å². The highest BCUT2D eigenvalue weighted by atomic mass is 35.5. The van der Waals surface area contributed by atoms with Gasteiger partial charge in [-0.05, 0) is 11.6 Å². The van der Waals surface area contributed by atoms with Crippen molar-refractivity contribution in [3.05, 3.63) is 0 Å². The summed E-state index contributed by atoms with van der Waals surface area (Å²) in [6.45, 7) is 0. The molecule has 0 N–H and O–H groups in total. The van der Waals surface area contributed by atoms with Gasteiger partial charge in [-0.25, -0.2) is 0 Å². The summed E-state index contributed by atoms with van der Waals surface area (Å²) in [5.41, 5.74) is 0. The summed E-state index contributed by atoms with van der Waals surface area (Å²) in [6.07, 6.45) is 0. The molecule has 0 aliphatic rings. The van der Waals surface area contributed by atoms with E-state index in [2.05, 4.69) is 23.2 Å². The number of hydrogen-bond acceptors (Lipinski definition) is 2. The van der Waals surface area contributed by atoms with Crippen molar-refractivity contribution in [3.63, 3.8) is 0 Å². The van der Waals surface area contributed by atoms with Gasteiger partial charge in [-0.15, -0.1) is 0 Å². The normalized spacial score (nSPS) is 13.2. The molecule has 0 aromatic rings. The Morgan fingerprint density at radius 3 is 2.00 bits per heavy atom. The Morgan fingerprint density at radius 1 is 1.33 bits per heavy atom. The first-order valence-electron chi connectivity index (χ1n) is 2.43. The van der Waals surface area contributed by atoms with E-state index >= 15 is 0 Å². The fourth-order valence-corrected chi connectivity index (χ4v) is 1.18. The molecule has 0 amide bonds. The standard InChI is InChI=1S/C4H2Cl3F3OS/c5-2(11)1-12-4(9,10)3(6,7)8/h1H2. The van der Waals surface area contributed by atoms with E-state index in [-0.39, 0.29) is 11.8 Å². The molecule has 8 heteroatoms. The van der Waals surface area contributed by atoms with E-state index in [1.807, 2.05) is 0 Å². The molecule has 0 aliphatic carbocycles. The van der Waals surface area contributed by atoms with E-state index in [9.17, 15) is 18.0 Å². The zero-order valence-corrected chi connectivity index (χ0v) is 8.38. The lowest BCUT2D eigenvalue weighted by Gasteiger charge is -2.20. The van der Waals surface area contributed by atoms with E-state index < -0.39 is 20.8 Å². The second-order valence-corrected chi connectivity index (χ2v) is 4.41. The van der Waals surface area contributed by atoms with E-state index in [0.29, 0.717) is 0 Å². The predicted molar refractivity (Wildman–Crippen MR) is 43.8 cm³/mol. The van der Waals surface area contributed by atoms with Crippen LogP contribution in [0.15, 0.2) is 0 Å². The minimum Gasteiger partial charge on any atom is -0.280 e. The third-order valence-electron chi connectivity index (χ3n) is 0.697. The highest BCUT2D eigenvalue weighted by Crippen LogP contribution is 2.47. The molecule has 0 spiro atoms. The quantitative estimate of drug-likeness (QED) is 0.571. The third-order valence-corrected chi connectivity index (χ3v) is 2.74. The summed E-state index contributed by atoms with van der Waals surface area (Å²) in [7, 11) is 0. The number of alkyl halides is 5. The Labute approximate surface area is 85.5 Å². The lowest BCUT2D eigenvalue weighted by molar-refractivity contribution is -0.109. The molecule has 0 heterocycles. The van der Waals surface area contributed by atoms with Crippen LogP contribution in [0.25, 0.3) is 0 Å². The first-order chi connectivity index (χ1) is 5.17. The van der Waals surface area contributed by atoms with Crippen molar-refractivity contribution in [1.29, 1.82) is 0 Å². The molecule has 0 saturated carbocycles. The maximum absolute atomic E-state index is 12.4. The minimum atomic E-state index is -4.05. The molecular formula is C4H2Cl3F3OS. The molecule has 12 heavy (non-hydrogen) atoms. The molecule has 72 valence electrons. The molecule has 0 aromatic heterocycles. The Hall–Kier alpha value is 0.680. The number of carbonyl (C=O) groups is 1. The van der Waals surface area contributed by atoms with Crippen molar-refractivity contribution >= 4 is 51.8 Å². The monoisotopic (exact) mass is 260 g/mol. The van der Waals surface area contributed by atoms with Crippen LogP contribution in [0.1, 0.15) is 0 Å². The molecular weight excluding hydrogens is 259 g/mol. The van der Waals surface area contributed by atoms with Gasteiger partial charge in [0, 0.05) is 0 Å². The van der Waals surface area contributed by atoms with Gasteiger partial charge in [0.25, 0.3) is 0 Å². The van der Waals surface area contributed by atoms with Gasteiger partial charge in [-0.3, -0.25) is 4.79 Å². The first kappa shape index (κ1) is 12.7. The highest BCUT2D eigenvalue weighted by Gasteiger charge is 2.53. The number of halogens is 6. The van der Waals surface area contributed by atoms with Gasteiger partial charge in [-0.2, -0.15) is 13.2 Å². The summed E-state index contributed by atoms with van der Waals surface area (Å²) in [6, 6.07) is 0. The summed E-state index contributed by atoms with van der Waals surface area (Å²) >= 11 is 13.3. The Balaban J connectivity index is 4.14. The van der Waals surface area contributed by atoms with Gasteiger partial charge >= 0.3 is 9.84 Å². The molecule has 0 unspecified atom stereocenters. The number of thioether (sulfide) groups is 1. The van der Waals surface area contributed by atoms with Crippen LogP contribution < -0.4 is 0 Å². The zero-order chi connectivity index (χ0) is 9.99. The van der Waals surface area contributed by atoms with E-state index in [1.54, 1.807) is 0 Å². The smallest absolute Gasteiger partial charge is 0.280 e. The van der Waals surface area contributed by atoms with Crippen LogP contribution in [0, 0.1) is 0 Å². The molecule has 1 nitrogen and oxygen atoms in total. The fraction of sp³-hybridized carbons (Fsp3) is 0.750. The van der Waals surface area contributed by atoms with Gasteiger partial charge in [-0.1, -0.05) is 35.0 Å². The molecule has 0 rings (SSSR count). The lowest BCUT2D eigenvalue weighted by atomic mass is 10.8. The van der Waals surface area contributed by atoms with Gasteiger partial charge < -0.3 is 0 Å². The average Bonchev–Trinajstić information content (AvgIpc) is 1.81. The van der Waals surface area contributed by atoms with Crippen LogP contribution >= 0.6 is 46.6 Å². The van der Waals surface area contributed by atoms with Crippen molar-refractivity contribution in [2.24, 2.45) is 0 Å². The summed E-state index contributed by atoms with van der Waals surface area (Å²) in [5.74, 6) is -0.764. The van der Waals surface area contributed by atoms with Crippen LogP contribution in [-0.2, 0) is 4.79 Å². The van der Waals surface area contributed by atoms with E-state index in [4.69, 9.17) is 11.6 Å². The van der Waals surface area contributed by atoms with E-state index in [1.165, 1.54) is 0 Å². The molecule has 0 bridgehead atoms. The SMILES string of the molecule is O=C(Cl)CSC(F)(F)C(F)(Cl)Cl. The van der Waals surface area contributed by atoms with Crippen LogP contribution in [0.5, 0.6) is 0 Å². The van der Waals surface area contributed by atoms with Crippen molar-refractivity contribution in [1.82, 2.24) is 0 Å². The molecule has 0 aromatic carbocycles. The van der Waals surface area contributed by atoms with Crippen molar-refractivity contribution in [2.45, 2.75) is 9.84 Å². The maximum Gasteiger partial charge on any atom is 0.355 e. The van der Waals surface area contributed by atoms with Gasteiger partial charge in [0.15, 0.2) is 0 Å². The van der Waals surface area contributed by atoms with Crippen LogP contribution in [0.3, 0.4) is 0 Å². The van der Waals surface area contributed by atoms with Crippen LogP contribution in [-0.4, -0.2) is 20.8 Å². The lowest BCUT2D eigenvalue weighted by Crippen LogP contribution is -2.31. The first-order valence-corrected chi connectivity index (χ1v) is 4.55. The second-order valence-electron chi connectivity index (χ2n) is 1.66. The average molecular weight is 261 g/mol. The predicted octanol–water partition coefficient (Wildman–Crippen LogP) is 3.18. The second kappa shape index (κ2) is 4.26. The summed E-state index contributed by atoms with van der Waals surface area (Å²) < 4.78 is 33.3. The van der Waals surface area contributed by atoms with E-state index in [0.717, 1.165) is 0 Å². The summed E-state index contributed by atoms with van der Waals surface area (Å²) in [4.78, 5) is 10.0. The Kier molecular flexibility index (Phi) is 4.50. The Bertz CT molecular complexity index is 181. The number of hydrogen-bond donors (Lipinski definition) is 0. The third kappa shape index (κ3) is 4.07. The Morgan fingerprint density at radius 2 is 1.75 bits per heavy atom. The molecule has 0 fully saturated rings. The number of carbonyl (C=O) groups excluding carboxylic acids is 1. The van der Waals surface area contributed by atoms with Crippen LogP contribution in [0.4, 0.5) is 13.2 Å². The molecule has 0 atom stereocenters. The van der Waals surface area contributed by atoms with Gasteiger partial charge in [0.1, 0.15) is 0 Å². The molecule has 0 radical (unpaired) electrons. The number of rotatable bonds is 4. The summed E-state index contributed by atoms with van der Waals surface area (Å²) in [5, 5.41) is -5.09. The topological polar surface area (TPSA) is 17.1 Å². The minimum absolute atomic E-state index is 0.360. The molecule has 0 aliphatic heterocycles.